The molecular formula is C16H23N3O3. The molecule has 0 unspecified atom stereocenters. The van der Waals surface area contributed by atoms with Crippen molar-refractivity contribution in [3.63, 3.8) is 0 Å². The van der Waals surface area contributed by atoms with Crippen molar-refractivity contribution in [1.29, 1.82) is 0 Å². The number of carbonyl (C=O) groups excluding carboxylic acids is 1. The molecule has 6 nitrogen and oxygen atoms in total. The molecule has 1 saturated heterocycles. The Morgan fingerprint density at radius 1 is 1.27 bits per heavy atom. The standard InChI is InChI=1S/C16H23N3O3/c1-11(20)22-19-16(21)14-5-3-2-4-13(14)15(18-19)10-12-6-8-17-9-7-12/h12,17H,2-10H2,1H3. The fourth-order valence-corrected chi connectivity index (χ4v) is 3.50. The molecule has 0 saturated carbocycles. The molecule has 3 rings (SSSR count). The van der Waals surface area contributed by atoms with Crippen molar-refractivity contribution < 1.29 is 9.63 Å². The average Bonchev–Trinajstić information content (AvgIpc) is 2.52. The summed E-state index contributed by atoms with van der Waals surface area (Å²) in [5.74, 6) is 0.0706. The lowest BCUT2D eigenvalue weighted by atomic mass is 9.86. The first-order chi connectivity index (χ1) is 10.6. The molecule has 0 aromatic carbocycles. The lowest BCUT2D eigenvalue weighted by molar-refractivity contribution is -0.143. The van der Waals surface area contributed by atoms with Crippen molar-refractivity contribution in [3.05, 3.63) is 27.2 Å². The van der Waals surface area contributed by atoms with E-state index in [1.165, 1.54) is 6.92 Å². The van der Waals surface area contributed by atoms with E-state index in [4.69, 9.17) is 4.84 Å². The van der Waals surface area contributed by atoms with Crippen LogP contribution in [0.2, 0.25) is 0 Å². The Bertz CT molecular complexity index is 618. The smallest absolute Gasteiger partial charge is 0.317 e. The third-order valence-corrected chi connectivity index (χ3v) is 4.62. The Labute approximate surface area is 129 Å². The van der Waals surface area contributed by atoms with Crippen molar-refractivity contribution in [1.82, 2.24) is 15.3 Å². The Hall–Kier alpha value is -1.69. The topological polar surface area (TPSA) is 73.2 Å². The summed E-state index contributed by atoms with van der Waals surface area (Å²) in [6.45, 7) is 3.37. The first-order valence-electron chi connectivity index (χ1n) is 8.18. The van der Waals surface area contributed by atoms with Crippen LogP contribution in [0.15, 0.2) is 4.79 Å². The molecule has 0 atom stereocenters. The summed E-state index contributed by atoms with van der Waals surface area (Å²) < 4.78 is 0. The largest absolute Gasteiger partial charge is 0.332 e. The number of aromatic nitrogens is 2. The Morgan fingerprint density at radius 2 is 1.95 bits per heavy atom. The molecule has 0 spiro atoms. The second-order valence-electron chi connectivity index (χ2n) is 6.27. The summed E-state index contributed by atoms with van der Waals surface area (Å²) in [4.78, 5) is 29.5. The van der Waals surface area contributed by atoms with Crippen LogP contribution in [-0.4, -0.2) is 29.0 Å². The third kappa shape index (κ3) is 3.21. The molecule has 2 heterocycles. The highest BCUT2D eigenvalue weighted by Crippen LogP contribution is 2.24. The van der Waals surface area contributed by atoms with E-state index in [2.05, 4.69) is 10.4 Å². The summed E-state index contributed by atoms with van der Waals surface area (Å²) >= 11 is 0. The minimum atomic E-state index is -0.516. The van der Waals surface area contributed by atoms with Gasteiger partial charge in [-0.25, -0.2) is 4.79 Å². The second-order valence-corrected chi connectivity index (χ2v) is 6.27. The maximum absolute atomic E-state index is 12.4. The maximum atomic E-state index is 12.4. The maximum Gasteiger partial charge on any atom is 0.332 e. The number of piperidine rings is 1. The average molecular weight is 305 g/mol. The fraction of sp³-hybridized carbons (Fsp3) is 0.688. The molecule has 1 aliphatic heterocycles. The number of fused-ring (bicyclic) bond motifs is 1. The molecule has 0 radical (unpaired) electrons. The number of hydrogen-bond acceptors (Lipinski definition) is 5. The van der Waals surface area contributed by atoms with Gasteiger partial charge in [-0.2, -0.15) is 0 Å². The van der Waals surface area contributed by atoms with Gasteiger partial charge >= 0.3 is 11.5 Å². The predicted molar refractivity (Wildman–Crippen MR) is 81.7 cm³/mol. The quantitative estimate of drug-likeness (QED) is 0.887. The van der Waals surface area contributed by atoms with Gasteiger partial charge in [0, 0.05) is 12.5 Å². The number of rotatable bonds is 3. The zero-order valence-corrected chi connectivity index (χ0v) is 13.1. The Morgan fingerprint density at radius 3 is 2.64 bits per heavy atom. The van der Waals surface area contributed by atoms with Gasteiger partial charge in [0.15, 0.2) is 0 Å². The van der Waals surface area contributed by atoms with E-state index >= 15 is 0 Å². The number of nitrogens with one attached hydrogen (secondary N) is 1. The van der Waals surface area contributed by atoms with Crippen molar-refractivity contribution in [3.8, 4) is 0 Å². The van der Waals surface area contributed by atoms with Crippen LogP contribution < -0.4 is 15.7 Å². The Balaban J connectivity index is 1.95. The lowest BCUT2D eigenvalue weighted by Crippen LogP contribution is -2.38. The van der Waals surface area contributed by atoms with Crippen molar-refractivity contribution in [2.24, 2.45) is 5.92 Å². The highest BCUT2D eigenvalue weighted by atomic mass is 16.7. The number of nitrogens with zero attached hydrogens (tertiary/aromatic N) is 2. The molecule has 1 aromatic heterocycles. The van der Waals surface area contributed by atoms with Gasteiger partial charge in [0.05, 0.1) is 5.69 Å². The van der Waals surface area contributed by atoms with Crippen LogP contribution in [0, 0.1) is 5.92 Å². The van der Waals surface area contributed by atoms with E-state index in [1.807, 2.05) is 0 Å². The third-order valence-electron chi connectivity index (χ3n) is 4.62. The predicted octanol–water partition coefficient (Wildman–Crippen LogP) is 0.639. The van der Waals surface area contributed by atoms with E-state index in [9.17, 15) is 9.59 Å². The van der Waals surface area contributed by atoms with E-state index in [1.54, 1.807) is 0 Å². The van der Waals surface area contributed by atoms with Crippen LogP contribution >= 0.6 is 0 Å². The summed E-state index contributed by atoms with van der Waals surface area (Å²) in [6, 6.07) is 0. The molecule has 1 N–H and O–H groups in total. The van der Waals surface area contributed by atoms with Crippen LogP contribution in [0.4, 0.5) is 0 Å². The lowest BCUT2D eigenvalue weighted by Gasteiger charge is -2.25. The van der Waals surface area contributed by atoms with Crippen LogP contribution in [-0.2, 0) is 24.1 Å². The van der Waals surface area contributed by atoms with Gasteiger partial charge in [0.25, 0.3) is 0 Å². The van der Waals surface area contributed by atoms with E-state index < -0.39 is 5.97 Å². The molecule has 0 amide bonds. The SMILES string of the molecule is CC(=O)On1nc(CC2CCNCC2)c2c(c1=O)CCCC2. The van der Waals surface area contributed by atoms with Crippen LogP contribution in [0.5, 0.6) is 0 Å². The second kappa shape index (κ2) is 6.60. The molecule has 1 aromatic rings. The summed E-state index contributed by atoms with van der Waals surface area (Å²) in [5.41, 5.74) is 2.59. The van der Waals surface area contributed by atoms with Gasteiger partial charge < -0.3 is 10.2 Å². The Kier molecular flexibility index (Phi) is 4.57. The van der Waals surface area contributed by atoms with Crippen LogP contribution in [0.25, 0.3) is 0 Å². The zero-order chi connectivity index (χ0) is 15.5. The van der Waals surface area contributed by atoms with Crippen molar-refractivity contribution in [2.75, 3.05) is 13.1 Å². The first kappa shape index (κ1) is 15.2. The molecular weight excluding hydrogens is 282 g/mol. The number of hydrogen-bond donors (Lipinski definition) is 1. The zero-order valence-electron chi connectivity index (χ0n) is 13.1. The molecule has 1 fully saturated rings. The van der Waals surface area contributed by atoms with Crippen molar-refractivity contribution >= 4 is 5.97 Å². The molecule has 1 aliphatic carbocycles. The molecule has 120 valence electrons. The molecule has 0 bridgehead atoms. The van der Waals surface area contributed by atoms with Gasteiger partial charge in [-0.1, -0.05) is 0 Å². The van der Waals surface area contributed by atoms with Gasteiger partial charge in [-0.05, 0) is 74.4 Å². The minimum absolute atomic E-state index is 0.265. The fourth-order valence-electron chi connectivity index (χ4n) is 3.50. The summed E-state index contributed by atoms with van der Waals surface area (Å²) in [7, 11) is 0. The van der Waals surface area contributed by atoms with Crippen molar-refractivity contribution in [2.45, 2.75) is 51.9 Å². The van der Waals surface area contributed by atoms with Crippen LogP contribution in [0.1, 0.15) is 49.4 Å². The van der Waals surface area contributed by atoms with Gasteiger partial charge in [-0.15, -0.1) is 5.10 Å². The summed E-state index contributed by atoms with van der Waals surface area (Å²) in [5, 5.41) is 7.72. The number of carbonyl (C=O) groups is 1. The van der Waals surface area contributed by atoms with Gasteiger partial charge in [-0.3, -0.25) is 4.79 Å². The molecule has 6 heteroatoms. The normalized spacial score (nSPS) is 18.8. The molecule has 2 aliphatic rings. The summed E-state index contributed by atoms with van der Waals surface area (Å²) in [6.07, 6.45) is 6.91. The monoisotopic (exact) mass is 305 g/mol. The minimum Gasteiger partial charge on any atom is -0.317 e. The highest BCUT2D eigenvalue weighted by molar-refractivity contribution is 5.66. The van der Waals surface area contributed by atoms with E-state index in [0.29, 0.717) is 5.92 Å². The highest BCUT2D eigenvalue weighted by Gasteiger charge is 2.24. The van der Waals surface area contributed by atoms with Crippen LogP contribution in [0.3, 0.4) is 0 Å². The first-order valence-corrected chi connectivity index (χ1v) is 8.18. The van der Waals surface area contributed by atoms with Gasteiger partial charge in [0.1, 0.15) is 0 Å². The van der Waals surface area contributed by atoms with E-state index in [0.717, 1.165) is 79.7 Å². The molecule has 22 heavy (non-hydrogen) atoms. The van der Waals surface area contributed by atoms with E-state index in [-0.39, 0.29) is 5.56 Å². The van der Waals surface area contributed by atoms with Gasteiger partial charge in [0.2, 0.25) is 0 Å².